The largest absolute Gasteiger partial charge is 0.344 e. The predicted octanol–water partition coefficient (Wildman–Crippen LogP) is 3.68. The number of thiophene rings is 1. The highest BCUT2D eigenvalue weighted by Gasteiger charge is 2.24. The molecule has 4 heterocycles. The molecule has 3 aromatic rings. The standard InChI is InChI=1S/C20H22N4O2S2/c1-13-12-15(14(2)27-13)17(25)5-6-18(26)23-8-10-24(11-9-23)20-22-16-4-3-7-21-19(16)28-20/h3-4,7,12H,5-6,8-11H2,1-2H3. The van der Waals surface area contributed by atoms with Gasteiger partial charge in [0, 0.05) is 60.5 Å². The molecule has 1 aliphatic rings. The second kappa shape index (κ2) is 7.97. The number of aromatic nitrogens is 2. The first-order valence-corrected chi connectivity index (χ1v) is 11.0. The van der Waals surface area contributed by atoms with Crippen LogP contribution in [0.15, 0.2) is 24.4 Å². The summed E-state index contributed by atoms with van der Waals surface area (Å²) in [5.41, 5.74) is 1.68. The van der Waals surface area contributed by atoms with Gasteiger partial charge in [-0.3, -0.25) is 9.59 Å². The van der Waals surface area contributed by atoms with Crippen LogP contribution < -0.4 is 4.90 Å². The van der Waals surface area contributed by atoms with Crippen molar-refractivity contribution in [2.24, 2.45) is 0 Å². The van der Waals surface area contributed by atoms with Crippen LogP contribution in [0.4, 0.5) is 5.13 Å². The van der Waals surface area contributed by atoms with Crippen molar-refractivity contribution in [2.45, 2.75) is 26.7 Å². The Balaban J connectivity index is 1.30. The minimum atomic E-state index is 0.0589. The number of carbonyl (C=O) groups excluding carboxylic acids is 2. The molecule has 0 atom stereocenters. The number of rotatable bonds is 5. The molecule has 0 unspecified atom stereocenters. The summed E-state index contributed by atoms with van der Waals surface area (Å²) in [6.07, 6.45) is 2.33. The van der Waals surface area contributed by atoms with Gasteiger partial charge < -0.3 is 9.80 Å². The zero-order valence-corrected chi connectivity index (χ0v) is 17.6. The molecule has 0 bridgehead atoms. The zero-order valence-electron chi connectivity index (χ0n) is 16.0. The SMILES string of the molecule is Cc1cc(C(=O)CCC(=O)N2CCN(c3nc4cccnc4s3)CC2)c(C)s1. The highest BCUT2D eigenvalue weighted by atomic mass is 32.1. The van der Waals surface area contributed by atoms with Crippen LogP contribution in [-0.4, -0.2) is 52.7 Å². The molecule has 3 aromatic heterocycles. The maximum Gasteiger partial charge on any atom is 0.223 e. The van der Waals surface area contributed by atoms with Crippen LogP contribution in [0.25, 0.3) is 10.3 Å². The van der Waals surface area contributed by atoms with Crippen molar-refractivity contribution in [3.8, 4) is 0 Å². The summed E-state index contributed by atoms with van der Waals surface area (Å²) >= 11 is 3.21. The quantitative estimate of drug-likeness (QED) is 0.596. The maximum absolute atomic E-state index is 12.5. The number of anilines is 1. The number of thiazole rings is 1. The number of ketones is 1. The lowest BCUT2D eigenvalue weighted by Gasteiger charge is -2.34. The highest BCUT2D eigenvalue weighted by molar-refractivity contribution is 7.21. The van der Waals surface area contributed by atoms with Crippen LogP contribution in [-0.2, 0) is 4.79 Å². The van der Waals surface area contributed by atoms with Gasteiger partial charge in [0.15, 0.2) is 10.9 Å². The molecular weight excluding hydrogens is 392 g/mol. The maximum atomic E-state index is 12.5. The Morgan fingerprint density at radius 3 is 2.57 bits per heavy atom. The number of nitrogens with zero attached hydrogens (tertiary/aromatic N) is 4. The lowest BCUT2D eigenvalue weighted by molar-refractivity contribution is -0.131. The highest BCUT2D eigenvalue weighted by Crippen LogP contribution is 2.28. The number of aryl methyl sites for hydroxylation is 2. The van der Waals surface area contributed by atoms with E-state index in [-0.39, 0.29) is 24.5 Å². The second-order valence-corrected chi connectivity index (χ2v) is 9.36. The number of Topliss-reactive ketones (excluding diaryl/α,β-unsaturated/α-hetero) is 1. The smallest absolute Gasteiger partial charge is 0.223 e. The number of hydrogen-bond acceptors (Lipinski definition) is 7. The fourth-order valence-corrected chi connectivity index (χ4v) is 5.36. The Morgan fingerprint density at radius 2 is 1.89 bits per heavy atom. The molecule has 1 fully saturated rings. The third-order valence-corrected chi connectivity index (χ3v) is 6.97. The van der Waals surface area contributed by atoms with Gasteiger partial charge in [0.1, 0.15) is 10.3 Å². The average molecular weight is 415 g/mol. The molecule has 1 saturated heterocycles. The Bertz CT molecular complexity index is 985. The summed E-state index contributed by atoms with van der Waals surface area (Å²) < 4.78 is 0. The van der Waals surface area contributed by atoms with Crippen LogP contribution in [0.1, 0.15) is 33.0 Å². The lowest BCUT2D eigenvalue weighted by atomic mass is 10.1. The Morgan fingerprint density at radius 1 is 1.11 bits per heavy atom. The van der Waals surface area contributed by atoms with Gasteiger partial charge in [0.05, 0.1) is 0 Å². The van der Waals surface area contributed by atoms with Gasteiger partial charge in [0.2, 0.25) is 5.91 Å². The summed E-state index contributed by atoms with van der Waals surface area (Å²) in [7, 11) is 0. The van der Waals surface area contributed by atoms with Crippen molar-refractivity contribution in [3.63, 3.8) is 0 Å². The minimum Gasteiger partial charge on any atom is -0.344 e. The van der Waals surface area contributed by atoms with E-state index in [0.29, 0.717) is 13.1 Å². The molecule has 8 heteroatoms. The summed E-state index contributed by atoms with van der Waals surface area (Å²) in [5, 5.41) is 0.958. The van der Waals surface area contributed by atoms with E-state index < -0.39 is 0 Å². The molecule has 4 rings (SSSR count). The van der Waals surface area contributed by atoms with Crippen molar-refractivity contribution in [2.75, 3.05) is 31.1 Å². The van der Waals surface area contributed by atoms with Crippen molar-refractivity contribution < 1.29 is 9.59 Å². The second-order valence-electron chi connectivity index (χ2n) is 6.94. The third-order valence-electron chi connectivity index (χ3n) is 4.97. The van der Waals surface area contributed by atoms with Crippen molar-refractivity contribution >= 4 is 49.8 Å². The summed E-state index contributed by atoms with van der Waals surface area (Å²) in [6.45, 7) is 6.79. The van der Waals surface area contributed by atoms with Gasteiger partial charge in [-0.15, -0.1) is 11.3 Å². The van der Waals surface area contributed by atoms with Crippen molar-refractivity contribution in [3.05, 3.63) is 39.7 Å². The Labute approximate surface area is 171 Å². The van der Waals surface area contributed by atoms with Crippen LogP contribution in [0.3, 0.4) is 0 Å². The van der Waals surface area contributed by atoms with Crippen molar-refractivity contribution in [1.82, 2.24) is 14.9 Å². The van der Waals surface area contributed by atoms with Crippen molar-refractivity contribution in [1.29, 1.82) is 0 Å². The summed E-state index contributed by atoms with van der Waals surface area (Å²) in [4.78, 5) is 41.1. The molecule has 0 aromatic carbocycles. The van der Waals surface area contributed by atoms with E-state index in [0.717, 1.165) is 43.9 Å². The molecule has 6 nitrogen and oxygen atoms in total. The van der Waals surface area contributed by atoms with Crippen LogP contribution >= 0.6 is 22.7 Å². The van der Waals surface area contributed by atoms with Crippen LogP contribution in [0, 0.1) is 13.8 Å². The normalized spacial score (nSPS) is 14.6. The molecule has 0 saturated carbocycles. The molecule has 1 aliphatic heterocycles. The van der Waals surface area contributed by atoms with E-state index in [1.54, 1.807) is 28.9 Å². The fourth-order valence-electron chi connectivity index (χ4n) is 3.46. The first-order valence-electron chi connectivity index (χ1n) is 9.36. The number of carbonyl (C=O) groups is 2. The third kappa shape index (κ3) is 3.93. The topological polar surface area (TPSA) is 66.4 Å². The van der Waals surface area contributed by atoms with E-state index >= 15 is 0 Å². The molecule has 146 valence electrons. The Hall–Kier alpha value is -2.32. The lowest BCUT2D eigenvalue weighted by Crippen LogP contribution is -2.48. The molecule has 1 amide bonds. The van der Waals surface area contributed by atoms with Gasteiger partial charge >= 0.3 is 0 Å². The average Bonchev–Trinajstić information content (AvgIpc) is 3.28. The molecule has 0 radical (unpaired) electrons. The van der Waals surface area contributed by atoms with Gasteiger partial charge in [-0.2, -0.15) is 0 Å². The zero-order chi connectivity index (χ0) is 19.7. The minimum absolute atomic E-state index is 0.0589. The monoisotopic (exact) mass is 414 g/mol. The van der Waals surface area contributed by atoms with Gasteiger partial charge in [-0.1, -0.05) is 11.3 Å². The van der Waals surface area contributed by atoms with Gasteiger partial charge in [-0.05, 0) is 32.0 Å². The molecular formula is C20H22N4O2S2. The molecule has 0 spiro atoms. The van der Waals surface area contributed by atoms with E-state index in [1.165, 1.54) is 0 Å². The number of amides is 1. The molecule has 0 N–H and O–H groups in total. The number of hydrogen-bond donors (Lipinski definition) is 0. The first-order chi connectivity index (χ1) is 13.5. The molecule has 28 heavy (non-hydrogen) atoms. The number of fused-ring (bicyclic) bond motifs is 1. The van der Waals surface area contributed by atoms with Gasteiger partial charge in [-0.25, -0.2) is 9.97 Å². The number of piperazine rings is 1. The van der Waals surface area contributed by atoms with E-state index in [9.17, 15) is 9.59 Å². The van der Waals surface area contributed by atoms with Gasteiger partial charge in [0.25, 0.3) is 0 Å². The molecule has 0 aliphatic carbocycles. The first kappa shape index (κ1) is 19.0. The van der Waals surface area contributed by atoms with Crippen LogP contribution in [0.5, 0.6) is 0 Å². The fraction of sp³-hybridized carbons (Fsp3) is 0.400. The predicted molar refractivity (Wildman–Crippen MR) is 114 cm³/mol. The van der Waals surface area contributed by atoms with E-state index in [2.05, 4.69) is 14.9 Å². The summed E-state index contributed by atoms with van der Waals surface area (Å²) in [6, 6.07) is 5.79. The van der Waals surface area contributed by atoms with Crippen LogP contribution in [0.2, 0.25) is 0 Å². The summed E-state index contributed by atoms with van der Waals surface area (Å²) in [5.74, 6) is 0.124. The van der Waals surface area contributed by atoms with E-state index in [4.69, 9.17) is 0 Å². The van der Waals surface area contributed by atoms with E-state index in [1.807, 2.05) is 36.9 Å². The number of pyridine rings is 1. The Kier molecular flexibility index (Phi) is 5.41.